The quantitative estimate of drug-likeness (QED) is 0.777. The number of hydrogen-bond donors (Lipinski definition) is 1. The van der Waals surface area contributed by atoms with E-state index in [0.717, 1.165) is 16.9 Å². The SMILES string of the molecule is CCOCc1cc(CN)ccc1OC. The normalized spacial score (nSPS) is 10.2. The fraction of sp³-hybridized carbons (Fsp3) is 0.455. The molecule has 1 aromatic rings. The van der Waals surface area contributed by atoms with E-state index in [1.165, 1.54) is 0 Å². The van der Waals surface area contributed by atoms with Gasteiger partial charge in [0.15, 0.2) is 0 Å². The summed E-state index contributed by atoms with van der Waals surface area (Å²) in [5.41, 5.74) is 7.71. The monoisotopic (exact) mass is 195 g/mol. The Hall–Kier alpha value is -1.06. The average Bonchev–Trinajstić information content (AvgIpc) is 2.25. The summed E-state index contributed by atoms with van der Waals surface area (Å²) >= 11 is 0. The van der Waals surface area contributed by atoms with Gasteiger partial charge in [-0.05, 0) is 24.6 Å². The van der Waals surface area contributed by atoms with E-state index >= 15 is 0 Å². The molecule has 1 rings (SSSR count). The van der Waals surface area contributed by atoms with Gasteiger partial charge in [0.25, 0.3) is 0 Å². The first-order chi connectivity index (χ1) is 6.81. The lowest BCUT2D eigenvalue weighted by Gasteiger charge is -2.09. The van der Waals surface area contributed by atoms with Crippen molar-refractivity contribution in [2.45, 2.75) is 20.1 Å². The van der Waals surface area contributed by atoms with Gasteiger partial charge in [-0.15, -0.1) is 0 Å². The Morgan fingerprint density at radius 3 is 2.71 bits per heavy atom. The van der Waals surface area contributed by atoms with E-state index in [-0.39, 0.29) is 0 Å². The number of rotatable bonds is 5. The molecule has 0 saturated carbocycles. The molecular formula is C11H17NO2. The van der Waals surface area contributed by atoms with Crippen LogP contribution in [-0.2, 0) is 17.9 Å². The van der Waals surface area contributed by atoms with Crippen LogP contribution in [0.4, 0.5) is 0 Å². The van der Waals surface area contributed by atoms with Gasteiger partial charge in [0.1, 0.15) is 5.75 Å². The molecule has 0 bridgehead atoms. The zero-order valence-electron chi connectivity index (χ0n) is 8.75. The molecule has 0 amide bonds. The Balaban J connectivity index is 2.84. The molecule has 14 heavy (non-hydrogen) atoms. The predicted molar refractivity (Wildman–Crippen MR) is 56.2 cm³/mol. The second kappa shape index (κ2) is 5.62. The van der Waals surface area contributed by atoms with Crippen molar-refractivity contribution in [1.82, 2.24) is 0 Å². The van der Waals surface area contributed by atoms with E-state index in [9.17, 15) is 0 Å². The predicted octanol–water partition coefficient (Wildman–Crippen LogP) is 1.69. The molecule has 0 fully saturated rings. The van der Waals surface area contributed by atoms with Crippen LogP contribution in [0.2, 0.25) is 0 Å². The molecule has 3 heteroatoms. The summed E-state index contributed by atoms with van der Waals surface area (Å²) in [4.78, 5) is 0. The highest BCUT2D eigenvalue weighted by atomic mass is 16.5. The third-order valence-electron chi connectivity index (χ3n) is 2.04. The molecule has 0 aliphatic rings. The van der Waals surface area contributed by atoms with E-state index in [2.05, 4.69) is 0 Å². The fourth-order valence-corrected chi connectivity index (χ4v) is 1.28. The molecule has 0 unspecified atom stereocenters. The van der Waals surface area contributed by atoms with Gasteiger partial charge in [0.2, 0.25) is 0 Å². The minimum atomic E-state index is 0.545. The van der Waals surface area contributed by atoms with Gasteiger partial charge >= 0.3 is 0 Å². The Morgan fingerprint density at radius 2 is 2.14 bits per heavy atom. The van der Waals surface area contributed by atoms with Crippen molar-refractivity contribution in [3.63, 3.8) is 0 Å². The molecular weight excluding hydrogens is 178 g/mol. The summed E-state index contributed by atoms with van der Waals surface area (Å²) in [6.07, 6.45) is 0. The number of ether oxygens (including phenoxy) is 2. The van der Waals surface area contributed by atoms with Crippen LogP contribution in [0.3, 0.4) is 0 Å². The molecule has 2 N–H and O–H groups in total. The lowest BCUT2D eigenvalue weighted by Crippen LogP contribution is -2.01. The minimum absolute atomic E-state index is 0.545. The average molecular weight is 195 g/mol. The van der Waals surface area contributed by atoms with Gasteiger partial charge in [-0.3, -0.25) is 0 Å². The van der Waals surface area contributed by atoms with Crippen LogP contribution < -0.4 is 10.5 Å². The molecule has 0 aromatic heterocycles. The lowest BCUT2D eigenvalue weighted by molar-refractivity contribution is 0.132. The van der Waals surface area contributed by atoms with Crippen LogP contribution in [0.1, 0.15) is 18.1 Å². The summed E-state index contributed by atoms with van der Waals surface area (Å²) < 4.78 is 10.6. The standard InChI is InChI=1S/C11H17NO2/c1-3-14-8-10-6-9(7-12)4-5-11(10)13-2/h4-6H,3,7-8,12H2,1-2H3. The smallest absolute Gasteiger partial charge is 0.124 e. The van der Waals surface area contributed by atoms with E-state index in [4.69, 9.17) is 15.2 Å². The highest BCUT2D eigenvalue weighted by Gasteiger charge is 2.03. The van der Waals surface area contributed by atoms with E-state index in [1.54, 1.807) is 7.11 Å². The number of methoxy groups -OCH3 is 1. The Morgan fingerprint density at radius 1 is 1.36 bits per heavy atom. The fourth-order valence-electron chi connectivity index (χ4n) is 1.28. The maximum absolute atomic E-state index is 5.56. The molecule has 0 spiro atoms. The Labute approximate surface area is 84.8 Å². The van der Waals surface area contributed by atoms with Crippen molar-refractivity contribution in [3.05, 3.63) is 29.3 Å². The van der Waals surface area contributed by atoms with Crippen molar-refractivity contribution in [2.24, 2.45) is 5.73 Å². The minimum Gasteiger partial charge on any atom is -0.496 e. The maximum Gasteiger partial charge on any atom is 0.124 e. The van der Waals surface area contributed by atoms with Crippen molar-refractivity contribution < 1.29 is 9.47 Å². The summed E-state index contributed by atoms with van der Waals surface area (Å²) in [5.74, 6) is 0.857. The van der Waals surface area contributed by atoms with Crippen LogP contribution in [0.5, 0.6) is 5.75 Å². The van der Waals surface area contributed by atoms with Crippen molar-refractivity contribution >= 4 is 0 Å². The molecule has 3 nitrogen and oxygen atoms in total. The van der Waals surface area contributed by atoms with Crippen molar-refractivity contribution in [2.75, 3.05) is 13.7 Å². The second-order valence-electron chi connectivity index (χ2n) is 2.99. The maximum atomic E-state index is 5.56. The first kappa shape index (κ1) is 11.0. The largest absolute Gasteiger partial charge is 0.496 e. The van der Waals surface area contributed by atoms with E-state index < -0.39 is 0 Å². The zero-order chi connectivity index (χ0) is 10.4. The Kier molecular flexibility index (Phi) is 4.43. The molecule has 78 valence electrons. The summed E-state index contributed by atoms with van der Waals surface area (Å²) in [6.45, 7) is 3.80. The molecule has 0 aliphatic carbocycles. The van der Waals surface area contributed by atoms with E-state index in [1.807, 2.05) is 25.1 Å². The molecule has 0 aliphatic heterocycles. The highest BCUT2D eigenvalue weighted by Crippen LogP contribution is 2.20. The number of hydrogen-bond acceptors (Lipinski definition) is 3. The second-order valence-corrected chi connectivity index (χ2v) is 2.99. The van der Waals surface area contributed by atoms with Crippen LogP contribution in [0.15, 0.2) is 18.2 Å². The summed E-state index contributed by atoms with van der Waals surface area (Å²) in [7, 11) is 1.66. The van der Waals surface area contributed by atoms with Gasteiger partial charge < -0.3 is 15.2 Å². The zero-order valence-corrected chi connectivity index (χ0v) is 8.75. The van der Waals surface area contributed by atoms with Crippen molar-refractivity contribution in [1.29, 1.82) is 0 Å². The van der Waals surface area contributed by atoms with Crippen molar-refractivity contribution in [3.8, 4) is 5.75 Å². The molecule has 1 aromatic carbocycles. The molecule has 0 atom stereocenters. The third-order valence-corrected chi connectivity index (χ3v) is 2.04. The van der Waals surface area contributed by atoms with Crippen LogP contribution in [0, 0.1) is 0 Å². The van der Waals surface area contributed by atoms with Gasteiger partial charge in [-0.2, -0.15) is 0 Å². The van der Waals surface area contributed by atoms with Crippen LogP contribution in [0.25, 0.3) is 0 Å². The number of benzene rings is 1. The topological polar surface area (TPSA) is 44.5 Å². The number of nitrogens with two attached hydrogens (primary N) is 1. The van der Waals surface area contributed by atoms with Gasteiger partial charge in [-0.25, -0.2) is 0 Å². The molecule has 0 radical (unpaired) electrons. The van der Waals surface area contributed by atoms with E-state index in [0.29, 0.717) is 19.8 Å². The summed E-state index contributed by atoms with van der Waals surface area (Å²) in [6, 6.07) is 5.92. The highest BCUT2D eigenvalue weighted by molar-refractivity contribution is 5.36. The molecule has 0 saturated heterocycles. The van der Waals surface area contributed by atoms with Crippen LogP contribution in [-0.4, -0.2) is 13.7 Å². The Bertz CT molecular complexity index is 287. The first-order valence-electron chi connectivity index (χ1n) is 4.75. The molecule has 0 heterocycles. The van der Waals surface area contributed by atoms with Gasteiger partial charge in [-0.1, -0.05) is 6.07 Å². The van der Waals surface area contributed by atoms with Crippen LogP contribution >= 0.6 is 0 Å². The third kappa shape index (κ3) is 2.72. The first-order valence-corrected chi connectivity index (χ1v) is 4.75. The van der Waals surface area contributed by atoms with Gasteiger partial charge in [0, 0.05) is 18.7 Å². The van der Waals surface area contributed by atoms with Gasteiger partial charge in [0.05, 0.1) is 13.7 Å². The lowest BCUT2D eigenvalue weighted by atomic mass is 10.1. The summed E-state index contributed by atoms with van der Waals surface area (Å²) in [5, 5.41) is 0.